The van der Waals surface area contributed by atoms with Crippen LogP contribution in [0.2, 0.25) is 0 Å². The zero-order valence-electron chi connectivity index (χ0n) is 13.0. The minimum absolute atomic E-state index is 0.00950. The molecule has 0 aliphatic heterocycles. The molecule has 112 valence electrons. The van der Waals surface area contributed by atoms with Crippen LogP contribution >= 0.6 is 0 Å². The number of nitrogens with zero attached hydrogens (tertiary/aromatic N) is 4. The second-order valence-electron chi connectivity index (χ2n) is 5.86. The number of benzene rings is 1. The van der Waals surface area contributed by atoms with Gasteiger partial charge < -0.3 is 4.57 Å². The van der Waals surface area contributed by atoms with Crippen LogP contribution in [0, 0.1) is 34.5 Å². The molecule has 0 N–H and O–H groups in total. The number of hydrogen-bond donors (Lipinski definition) is 0. The fraction of sp³-hybridized carbons (Fsp3) is 0.389. The van der Waals surface area contributed by atoms with Crippen LogP contribution in [0.15, 0.2) is 36.9 Å². The van der Waals surface area contributed by atoms with Gasteiger partial charge in [0, 0.05) is 30.8 Å². The maximum absolute atomic E-state index is 9.02. The van der Waals surface area contributed by atoms with Crippen molar-refractivity contribution in [3.63, 3.8) is 0 Å². The Kier molecular flexibility index (Phi) is 5.33. The molecule has 2 unspecified atom stereocenters. The average molecular weight is 292 g/mol. The van der Waals surface area contributed by atoms with Gasteiger partial charge in [0.2, 0.25) is 0 Å². The summed E-state index contributed by atoms with van der Waals surface area (Å²) >= 11 is 0. The van der Waals surface area contributed by atoms with E-state index >= 15 is 0 Å². The highest BCUT2D eigenvalue weighted by atomic mass is 15.0. The molecule has 22 heavy (non-hydrogen) atoms. The molecule has 0 amide bonds. The Labute approximate surface area is 131 Å². The topological polar surface area (TPSA) is 65.4 Å². The van der Waals surface area contributed by atoms with Crippen LogP contribution in [0.3, 0.4) is 0 Å². The molecule has 0 saturated carbocycles. The number of aromatic nitrogens is 2. The smallest absolute Gasteiger partial charge is 0.0949 e. The molecule has 1 heterocycles. The Balaban J connectivity index is 2.27. The second-order valence-corrected chi connectivity index (χ2v) is 5.86. The summed E-state index contributed by atoms with van der Waals surface area (Å²) in [5.41, 5.74) is 3.50. The molecule has 0 fully saturated rings. The predicted molar refractivity (Wildman–Crippen MR) is 84.7 cm³/mol. The predicted octanol–water partition coefficient (Wildman–Crippen LogP) is 3.34. The third-order valence-corrected chi connectivity index (χ3v) is 3.56. The SMILES string of the molecule is CC(C#N)Cc1cc(CC(C)C#N)cc(Cn2ccnc2)c1. The van der Waals surface area contributed by atoms with Gasteiger partial charge in [-0.15, -0.1) is 0 Å². The average Bonchev–Trinajstić information content (AvgIpc) is 2.99. The highest BCUT2D eigenvalue weighted by molar-refractivity contribution is 5.32. The summed E-state index contributed by atoms with van der Waals surface area (Å²) in [6.07, 6.45) is 6.97. The van der Waals surface area contributed by atoms with Crippen molar-refractivity contribution in [1.29, 1.82) is 10.5 Å². The summed E-state index contributed by atoms with van der Waals surface area (Å²) in [7, 11) is 0. The number of hydrogen-bond acceptors (Lipinski definition) is 3. The molecule has 0 saturated heterocycles. The van der Waals surface area contributed by atoms with Crippen LogP contribution < -0.4 is 0 Å². The molecule has 0 bridgehead atoms. The van der Waals surface area contributed by atoms with Crippen LogP contribution in [0.5, 0.6) is 0 Å². The monoisotopic (exact) mass is 292 g/mol. The summed E-state index contributed by atoms with van der Waals surface area (Å²) in [5, 5.41) is 18.0. The van der Waals surface area contributed by atoms with Gasteiger partial charge in [0.1, 0.15) is 0 Å². The molecular weight excluding hydrogens is 272 g/mol. The third kappa shape index (κ3) is 4.46. The van der Waals surface area contributed by atoms with E-state index in [0.29, 0.717) is 0 Å². The van der Waals surface area contributed by atoms with Crippen molar-refractivity contribution in [1.82, 2.24) is 9.55 Å². The first kappa shape index (κ1) is 15.8. The van der Waals surface area contributed by atoms with Crippen molar-refractivity contribution in [2.45, 2.75) is 33.2 Å². The molecule has 4 heteroatoms. The lowest BCUT2D eigenvalue weighted by molar-refractivity contribution is 0.717. The lowest BCUT2D eigenvalue weighted by atomic mass is 9.94. The molecule has 2 aromatic rings. The van der Waals surface area contributed by atoms with Gasteiger partial charge in [0.25, 0.3) is 0 Å². The standard InChI is InChI=1S/C18H20N4/c1-14(10-19)5-16-7-17(6-15(2)11-20)9-18(8-16)12-22-4-3-21-13-22/h3-4,7-9,13-15H,5-6,12H2,1-2H3. The lowest BCUT2D eigenvalue weighted by Crippen LogP contribution is -2.04. The molecule has 1 aromatic heterocycles. The molecule has 0 aliphatic rings. The summed E-state index contributed by atoms with van der Waals surface area (Å²) in [4.78, 5) is 4.06. The molecule has 0 radical (unpaired) electrons. The Morgan fingerprint density at radius 1 is 1.00 bits per heavy atom. The first-order valence-electron chi connectivity index (χ1n) is 7.47. The van der Waals surface area contributed by atoms with Crippen molar-refractivity contribution in [3.05, 3.63) is 53.6 Å². The summed E-state index contributed by atoms with van der Waals surface area (Å²) in [5.74, 6) is -0.0190. The summed E-state index contributed by atoms with van der Waals surface area (Å²) in [6, 6.07) is 11.0. The van der Waals surface area contributed by atoms with E-state index in [-0.39, 0.29) is 11.8 Å². The molecule has 1 aromatic carbocycles. The van der Waals surface area contributed by atoms with E-state index in [9.17, 15) is 0 Å². The quantitative estimate of drug-likeness (QED) is 0.820. The normalized spacial score (nSPS) is 13.1. The minimum Gasteiger partial charge on any atom is -0.333 e. The lowest BCUT2D eigenvalue weighted by Gasteiger charge is -2.12. The fourth-order valence-corrected chi connectivity index (χ4v) is 2.56. The first-order valence-corrected chi connectivity index (χ1v) is 7.47. The minimum atomic E-state index is -0.00950. The highest BCUT2D eigenvalue weighted by Gasteiger charge is 2.09. The maximum Gasteiger partial charge on any atom is 0.0949 e. The molecule has 4 nitrogen and oxygen atoms in total. The Bertz CT molecular complexity index is 649. The van der Waals surface area contributed by atoms with E-state index in [4.69, 9.17) is 10.5 Å². The van der Waals surface area contributed by atoms with E-state index in [1.807, 2.05) is 24.6 Å². The van der Waals surface area contributed by atoms with Crippen molar-refractivity contribution < 1.29 is 0 Å². The van der Waals surface area contributed by atoms with Crippen molar-refractivity contribution in [2.75, 3.05) is 0 Å². The van der Waals surface area contributed by atoms with Gasteiger partial charge in [0.05, 0.1) is 18.5 Å². The molecule has 2 atom stereocenters. The van der Waals surface area contributed by atoms with Gasteiger partial charge in [-0.1, -0.05) is 18.2 Å². The highest BCUT2D eigenvalue weighted by Crippen LogP contribution is 2.18. The van der Waals surface area contributed by atoms with Crippen molar-refractivity contribution >= 4 is 0 Å². The zero-order valence-corrected chi connectivity index (χ0v) is 13.0. The molecule has 0 spiro atoms. The number of nitriles is 2. The van der Waals surface area contributed by atoms with E-state index in [1.165, 1.54) is 5.56 Å². The van der Waals surface area contributed by atoms with E-state index < -0.39 is 0 Å². The second kappa shape index (κ2) is 7.43. The van der Waals surface area contributed by atoms with Crippen LogP contribution in [-0.4, -0.2) is 9.55 Å². The van der Waals surface area contributed by atoms with Gasteiger partial charge in [-0.2, -0.15) is 10.5 Å². The number of rotatable bonds is 6. The van der Waals surface area contributed by atoms with Crippen molar-refractivity contribution in [2.24, 2.45) is 11.8 Å². The van der Waals surface area contributed by atoms with E-state index in [0.717, 1.165) is 30.5 Å². The van der Waals surface area contributed by atoms with Gasteiger partial charge in [0.15, 0.2) is 0 Å². The van der Waals surface area contributed by atoms with Gasteiger partial charge >= 0.3 is 0 Å². The van der Waals surface area contributed by atoms with Crippen LogP contribution in [0.25, 0.3) is 0 Å². The van der Waals surface area contributed by atoms with Crippen LogP contribution in [0.4, 0.5) is 0 Å². The van der Waals surface area contributed by atoms with E-state index in [2.05, 4.69) is 35.3 Å². The molecular formula is C18H20N4. The number of imidazole rings is 1. The molecule has 0 aliphatic carbocycles. The van der Waals surface area contributed by atoms with Crippen LogP contribution in [0.1, 0.15) is 30.5 Å². The first-order chi connectivity index (χ1) is 10.6. The Hall–Kier alpha value is -2.59. The summed E-state index contributed by atoms with van der Waals surface area (Å²) in [6.45, 7) is 4.61. The summed E-state index contributed by atoms with van der Waals surface area (Å²) < 4.78 is 2.02. The maximum atomic E-state index is 9.02. The van der Waals surface area contributed by atoms with E-state index in [1.54, 1.807) is 12.5 Å². The van der Waals surface area contributed by atoms with Gasteiger partial charge in [-0.3, -0.25) is 0 Å². The third-order valence-electron chi connectivity index (χ3n) is 3.56. The fourth-order valence-electron chi connectivity index (χ4n) is 2.56. The van der Waals surface area contributed by atoms with Gasteiger partial charge in [-0.05, 0) is 43.4 Å². The Morgan fingerprint density at radius 3 is 2.00 bits per heavy atom. The zero-order chi connectivity index (χ0) is 15.9. The largest absolute Gasteiger partial charge is 0.333 e. The molecule has 2 rings (SSSR count). The van der Waals surface area contributed by atoms with Gasteiger partial charge in [-0.25, -0.2) is 4.98 Å². The van der Waals surface area contributed by atoms with Crippen molar-refractivity contribution in [3.8, 4) is 12.1 Å². The van der Waals surface area contributed by atoms with Crippen LogP contribution in [-0.2, 0) is 19.4 Å². The Morgan fingerprint density at radius 2 is 1.55 bits per heavy atom.